The Morgan fingerprint density at radius 3 is 2.53 bits per heavy atom. The van der Waals surface area contributed by atoms with Crippen LogP contribution in [0.1, 0.15) is 41.7 Å². The molecule has 14 nitrogen and oxygen atoms in total. The van der Waals surface area contributed by atoms with Gasteiger partial charge in [0.05, 0.1) is 18.4 Å². The van der Waals surface area contributed by atoms with Crippen molar-refractivity contribution in [1.29, 1.82) is 0 Å². The maximum Gasteiger partial charge on any atom is 0.333 e. The van der Waals surface area contributed by atoms with Crippen LogP contribution < -0.4 is 21.9 Å². The maximum atomic E-state index is 12.3. The van der Waals surface area contributed by atoms with E-state index in [4.69, 9.17) is 10.6 Å². The molecule has 0 saturated carbocycles. The van der Waals surface area contributed by atoms with Crippen LogP contribution in [0.3, 0.4) is 0 Å². The number of nitrogens with one attached hydrogen (secondary N) is 3. The summed E-state index contributed by atoms with van der Waals surface area (Å²) in [4.78, 5) is 78.4. The molecule has 1 aromatic carbocycles. The zero-order valence-corrected chi connectivity index (χ0v) is 18.9. The molecule has 2 aromatic heterocycles. The second-order valence-electron chi connectivity index (χ2n) is 7.82. The van der Waals surface area contributed by atoms with Gasteiger partial charge in [0.15, 0.2) is 11.2 Å². The first-order chi connectivity index (χ1) is 17.3. The third-order valence-electron chi connectivity index (χ3n) is 5.15. The summed E-state index contributed by atoms with van der Waals surface area (Å²) < 4.78 is 0. The summed E-state index contributed by atoms with van der Waals surface area (Å²) >= 11 is 0. The molecule has 1 aliphatic rings. The van der Waals surface area contributed by atoms with Crippen LogP contribution in [0.2, 0.25) is 0 Å². The molecule has 3 aromatic rings. The van der Waals surface area contributed by atoms with Gasteiger partial charge in [-0.2, -0.15) is 4.98 Å². The van der Waals surface area contributed by atoms with Crippen molar-refractivity contribution >= 4 is 46.5 Å². The van der Waals surface area contributed by atoms with Gasteiger partial charge in [0.25, 0.3) is 23.3 Å². The molecule has 0 spiro atoms. The quantitative estimate of drug-likeness (QED) is 0.231. The van der Waals surface area contributed by atoms with Crippen LogP contribution >= 0.6 is 0 Å². The number of hydrogen-bond donors (Lipinski definition) is 4. The van der Waals surface area contributed by atoms with Gasteiger partial charge in [-0.15, -0.1) is 5.06 Å². The lowest BCUT2D eigenvalue weighted by Crippen LogP contribution is -2.32. The summed E-state index contributed by atoms with van der Waals surface area (Å²) in [6.07, 6.45) is 1.76. The van der Waals surface area contributed by atoms with Crippen LogP contribution in [0.5, 0.6) is 0 Å². The number of carbonyl (C=O) groups is 4. The lowest BCUT2D eigenvalue weighted by atomic mass is 10.2. The number of nitrogens with zero attached hydrogens (tertiary/aromatic N) is 4. The summed E-state index contributed by atoms with van der Waals surface area (Å²) in [5.74, 6) is -2.16. The Kier molecular flexibility index (Phi) is 7.13. The van der Waals surface area contributed by atoms with Gasteiger partial charge < -0.3 is 21.2 Å². The molecule has 3 amide bonds. The van der Waals surface area contributed by atoms with Crippen molar-refractivity contribution in [2.75, 3.05) is 17.6 Å². The molecule has 36 heavy (non-hydrogen) atoms. The fourth-order valence-electron chi connectivity index (χ4n) is 3.33. The lowest BCUT2D eigenvalue weighted by Gasteiger charge is -2.12. The van der Waals surface area contributed by atoms with Gasteiger partial charge in [-0.25, -0.2) is 14.8 Å². The Bertz CT molecular complexity index is 1370. The van der Waals surface area contributed by atoms with Crippen molar-refractivity contribution in [3.63, 3.8) is 0 Å². The SMILES string of the molecule is Nc1nc2ncc(CNc3ccc(C(=O)NCCCC(=O)ON4C(=O)CCC4=O)cc3)nc2c(=O)[nH]1. The van der Waals surface area contributed by atoms with E-state index < -0.39 is 23.3 Å². The fourth-order valence-corrected chi connectivity index (χ4v) is 3.33. The van der Waals surface area contributed by atoms with Gasteiger partial charge >= 0.3 is 5.97 Å². The zero-order valence-electron chi connectivity index (χ0n) is 18.9. The van der Waals surface area contributed by atoms with Crippen LogP contribution in [0.15, 0.2) is 35.3 Å². The Morgan fingerprint density at radius 2 is 1.81 bits per heavy atom. The van der Waals surface area contributed by atoms with Crippen molar-refractivity contribution in [3.05, 3.63) is 52.1 Å². The van der Waals surface area contributed by atoms with Crippen LogP contribution in [-0.4, -0.2) is 55.2 Å². The first-order valence-electron chi connectivity index (χ1n) is 11.0. The van der Waals surface area contributed by atoms with Gasteiger partial charge in [0, 0.05) is 37.1 Å². The lowest BCUT2D eigenvalue weighted by molar-refractivity contribution is -0.197. The minimum absolute atomic E-state index is 0.0305. The second kappa shape index (κ2) is 10.6. The Balaban J connectivity index is 1.21. The van der Waals surface area contributed by atoms with Gasteiger partial charge in [0.2, 0.25) is 5.95 Å². The number of carbonyl (C=O) groups excluding carboxylic acids is 4. The number of fused-ring (bicyclic) bond motifs is 1. The molecular weight excluding hydrogens is 472 g/mol. The third kappa shape index (κ3) is 5.78. The Hall–Kier alpha value is -4.88. The van der Waals surface area contributed by atoms with Crippen molar-refractivity contribution in [1.82, 2.24) is 30.3 Å². The highest BCUT2D eigenvalue weighted by molar-refractivity contribution is 6.01. The summed E-state index contributed by atoms with van der Waals surface area (Å²) in [5.41, 5.74) is 6.90. The highest BCUT2D eigenvalue weighted by Gasteiger charge is 2.32. The van der Waals surface area contributed by atoms with Crippen LogP contribution in [0.4, 0.5) is 11.6 Å². The van der Waals surface area contributed by atoms with Crippen molar-refractivity contribution in [2.24, 2.45) is 0 Å². The van der Waals surface area contributed by atoms with Gasteiger partial charge in [0.1, 0.15) is 0 Å². The van der Waals surface area contributed by atoms with Crippen LogP contribution in [-0.2, 0) is 25.8 Å². The maximum absolute atomic E-state index is 12.3. The number of H-pyrrole nitrogens is 1. The molecule has 14 heteroatoms. The third-order valence-corrected chi connectivity index (χ3v) is 5.15. The highest BCUT2D eigenvalue weighted by atomic mass is 16.7. The van der Waals surface area contributed by atoms with E-state index in [1.807, 2.05) is 0 Å². The van der Waals surface area contributed by atoms with Gasteiger partial charge in [-0.05, 0) is 30.7 Å². The number of imide groups is 1. The van der Waals surface area contributed by atoms with Gasteiger partial charge in [-0.3, -0.25) is 24.2 Å². The zero-order chi connectivity index (χ0) is 25.7. The molecule has 4 rings (SSSR count). The molecule has 186 valence electrons. The molecule has 1 fully saturated rings. The summed E-state index contributed by atoms with van der Waals surface area (Å²) in [6.45, 7) is 0.485. The fraction of sp³-hybridized carbons (Fsp3) is 0.273. The van der Waals surface area contributed by atoms with Crippen molar-refractivity contribution < 1.29 is 24.0 Å². The number of aromatic amines is 1. The summed E-state index contributed by atoms with van der Waals surface area (Å²) in [6, 6.07) is 6.67. The molecule has 0 bridgehead atoms. The van der Waals surface area contributed by atoms with E-state index in [9.17, 15) is 24.0 Å². The number of amides is 3. The normalized spacial score (nSPS) is 13.2. The predicted molar refractivity (Wildman–Crippen MR) is 125 cm³/mol. The van der Waals surface area contributed by atoms with E-state index in [-0.39, 0.29) is 61.8 Å². The Morgan fingerprint density at radius 1 is 1.08 bits per heavy atom. The minimum atomic E-state index is -0.718. The van der Waals surface area contributed by atoms with E-state index in [2.05, 4.69) is 30.6 Å². The van der Waals surface area contributed by atoms with E-state index in [1.54, 1.807) is 24.3 Å². The number of nitrogen functional groups attached to an aromatic ring is 1. The highest BCUT2D eigenvalue weighted by Crippen LogP contribution is 2.13. The molecule has 3 heterocycles. The summed E-state index contributed by atoms with van der Waals surface area (Å²) in [7, 11) is 0. The molecule has 0 aliphatic carbocycles. The van der Waals surface area contributed by atoms with Gasteiger partial charge in [-0.1, -0.05) is 0 Å². The molecule has 0 unspecified atom stereocenters. The monoisotopic (exact) mass is 494 g/mol. The average Bonchev–Trinajstić information content (AvgIpc) is 3.17. The molecule has 0 radical (unpaired) electrons. The number of anilines is 2. The number of hydroxylamine groups is 2. The van der Waals surface area contributed by atoms with E-state index in [0.29, 0.717) is 22.0 Å². The largest absolute Gasteiger partial charge is 0.379 e. The Labute approximate surface area is 203 Å². The van der Waals surface area contributed by atoms with Crippen molar-refractivity contribution in [2.45, 2.75) is 32.2 Å². The smallest absolute Gasteiger partial charge is 0.333 e. The van der Waals surface area contributed by atoms with E-state index in [0.717, 1.165) is 0 Å². The van der Waals surface area contributed by atoms with E-state index in [1.165, 1.54) is 6.20 Å². The number of hydrogen-bond acceptors (Lipinski definition) is 11. The average molecular weight is 494 g/mol. The van der Waals surface area contributed by atoms with E-state index >= 15 is 0 Å². The standard InChI is InChI=1S/C22H22N8O6/c23-22-28-19-18(21(35)29-22)27-14(11-26-19)10-25-13-5-3-12(4-6-13)20(34)24-9-1-2-17(33)36-30-15(31)7-8-16(30)32/h3-6,11,25H,1-2,7-10H2,(H,24,34)(H3,23,26,28,29,35). The number of rotatable bonds is 9. The molecule has 1 aliphatic heterocycles. The second-order valence-corrected chi connectivity index (χ2v) is 7.82. The minimum Gasteiger partial charge on any atom is -0.379 e. The topological polar surface area (TPSA) is 202 Å². The number of nitrogens with two attached hydrogens (primary N) is 1. The number of aromatic nitrogens is 4. The van der Waals surface area contributed by atoms with Crippen molar-refractivity contribution in [3.8, 4) is 0 Å². The first kappa shape index (κ1) is 24.3. The predicted octanol–water partition coefficient (Wildman–Crippen LogP) is 0.0246. The van der Waals surface area contributed by atoms with Crippen LogP contribution in [0, 0.1) is 0 Å². The molecule has 5 N–H and O–H groups in total. The first-order valence-corrected chi connectivity index (χ1v) is 11.0. The molecular formula is C22H22N8O6. The number of benzene rings is 1. The molecule has 1 saturated heterocycles. The molecule has 0 atom stereocenters. The van der Waals surface area contributed by atoms with Crippen LogP contribution in [0.25, 0.3) is 11.2 Å². The summed E-state index contributed by atoms with van der Waals surface area (Å²) in [5, 5.41) is 6.31.